The van der Waals surface area contributed by atoms with Crippen molar-refractivity contribution in [2.24, 2.45) is 0 Å². The van der Waals surface area contributed by atoms with Gasteiger partial charge in [-0.25, -0.2) is 4.98 Å². The molecule has 2 heterocycles. The highest BCUT2D eigenvalue weighted by Crippen LogP contribution is 2.38. The Bertz CT molecular complexity index is 1170. The van der Waals surface area contributed by atoms with Crippen LogP contribution in [0.1, 0.15) is 0 Å². The molecule has 0 saturated heterocycles. The molecule has 26 heavy (non-hydrogen) atoms. The van der Waals surface area contributed by atoms with Crippen LogP contribution in [0.25, 0.3) is 32.0 Å². The molecule has 4 rings (SSSR count). The molecule has 0 amide bonds. The molecule has 2 N–H and O–H groups in total. The predicted octanol–water partition coefficient (Wildman–Crippen LogP) is 4.80. The number of benzene rings is 2. The van der Waals surface area contributed by atoms with E-state index in [4.69, 9.17) is 4.74 Å². The Labute approximate surface area is 161 Å². The number of nitrogens with one attached hydrogen (secondary N) is 1. The van der Waals surface area contributed by atoms with E-state index < -0.39 is 0 Å². The minimum atomic E-state index is -0.202. The van der Waals surface area contributed by atoms with Crippen LogP contribution in [0.5, 0.6) is 11.5 Å². The summed E-state index contributed by atoms with van der Waals surface area (Å²) in [5, 5.41) is 10.5. The fourth-order valence-electron chi connectivity index (χ4n) is 2.68. The van der Waals surface area contributed by atoms with Crippen LogP contribution in [0.15, 0.2) is 57.8 Å². The first-order chi connectivity index (χ1) is 12.6. The number of rotatable bonds is 3. The summed E-state index contributed by atoms with van der Waals surface area (Å²) >= 11 is 4.76. The summed E-state index contributed by atoms with van der Waals surface area (Å²) in [4.78, 5) is 21.6. The van der Waals surface area contributed by atoms with Crippen LogP contribution in [0.3, 0.4) is 0 Å². The van der Waals surface area contributed by atoms with Gasteiger partial charge in [0.1, 0.15) is 10.7 Å². The van der Waals surface area contributed by atoms with Crippen molar-refractivity contribution in [1.29, 1.82) is 0 Å². The smallest absolute Gasteiger partial charge is 0.259 e. The number of aromatic amines is 1. The maximum atomic E-state index is 12.5. The van der Waals surface area contributed by atoms with E-state index in [0.29, 0.717) is 31.8 Å². The number of phenols is 1. The Morgan fingerprint density at radius 3 is 2.65 bits per heavy atom. The van der Waals surface area contributed by atoms with Gasteiger partial charge in [-0.3, -0.25) is 4.79 Å². The number of methoxy groups -OCH3 is 1. The fourth-order valence-corrected chi connectivity index (χ4v) is 4.16. The van der Waals surface area contributed by atoms with Gasteiger partial charge in [-0.05, 0) is 39.7 Å². The molecule has 2 aromatic heterocycles. The van der Waals surface area contributed by atoms with Crippen molar-refractivity contribution >= 4 is 37.5 Å². The third kappa shape index (κ3) is 2.89. The summed E-state index contributed by atoms with van der Waals surface area (Å²) in [5.74, 6) is 0.721. The van der Waals surface area contributed by atoms with Gasteiger partial charge < -0.3 is 14.8 Å². The second-order valence-corrected chi connectivity index (χ2v) is 7.50. The van der Waals surface area contributed by atoms with E-state index in [1.807, 2.05) is 36.4 Å². The molecular formula is C19H13BrN2O3S. The maximum absolute atomic E-state index is 12.5. The zero-order chi connectivity index (χ0) is 18.3. The van der Waals surface area contributed by atoms with Gasteiger partial charge in [-0.15, -0.1) is 11.3 Å². The van der Waals surface area contributed by atoms with E-state index in [1.165, 1.54) is 18.4 Å². The van der Waals surface area contributed by atoms with Gasteiger partial charge in [-0.2, -0.15) is 0 Å². The normalized spacial score (nSPS) is 11.0. The molecule has 5 nitrogen and oxygen atoms in total. The average Bonchev–Trinajstić information content (AvgIpc) is 3.09. The van der Waals surface area contributed by atoms with Crippen molar-refractivity contribution in [2.75, 3.05) is 7.11 Å². The molecule has 4 aromatic rings. The fraction of sp³-hybridized carbons (Fsp3) is 0.0526. The van der Waals surface area contributed by atoms with Crippen LogP contribution in [0.4, 0.5) is 0 Å². The quantitative estimate of drug-likeness (QED) is 0.491. The predicted molar refractivity (Wildman–Crippen MR) is 107 cm³/mol. The minimum absolute atomic E-state index is 0.00200. The third-order valence-corrected chi connectivity index (χ3v) is 5.66. The number of aromatic hydroxyl groups is 1. The Kier molecular flexibility index (Phi) is 4.26. The van der Waals surface area contributed by atoms with E-state index in [-0.39, 0.29) is 11.3 Å². The number of phenolic OH excluding ortho intramolecular Hbond substituents is 1. The highest BCUT2D eigenvalue weighted by Gasteiger charge is 2.14. The molecule has 0 bridgehead atoms. The number of hydrogen-bond donors (Lipinski definition) is 2. The highest BCUT2D eigenvalue weighted by atomic mass is 79.9. The lowest BCUT2D eigenvalue weighted by Gasteiger charge is -2.08. The monoisotopic (exact) mass is 428 g/mol. The molecule has 0 aliphatic carbocycles. The van der Waals surface area contributed by atoms with Crippen LogP contribution in [-0.2, 0) is 0 Å². The van der Waals surface area contributed by atoms with E-state index in [2.05, 4.69) is 25.9 Å². The van der Waals surface area contributed by atoms with E-state index in [1.54, 1.807) is 12.1 Å². The summed E-state index contributed by atoms with van der Waals surface area (Å²) in [5.41, 5.74) is 1.48. The van der Waals surface area contributed by atoms with Crippen LogP contribution < -0.4 is 10.3 Å². The van der Waals surface area contributed by atoms with Crippen LogP contribution in [0.2, 0.25) is 0 Å². The van der Waals surface area contributed by atoms with Crippen molar-refractivity contribution in [1.82, 2.24) is 9.97 Å². The van der Waals surface area contributed by atoms with Gasteiger partial charge in [0.2, 0.25) is 0 Å². The van der Waals surface area contributed by atoms with Crippen LogP contribution in [-0.4, -0.2) is 22.2 Å². The number of aromatic nitrogens is 2. The van der Waals surface area contributed by atoms with Crippen molar-refractivity contribution < 1.29 is 9.84 Å². The Morgan fingerprint density at radius 1 is 1.15 bits per heavy atom. The number of H-pyrrole nitrogens is 1. The highest BCUT2D eigenvalue weighted by molar-refractivity contribution is 9.10. The molecule has 130 valence electrons. The van der Waals surface area contributed by atoms with Crippen molar-refractivity contribution in [2.45, 2.75) is 0 Å². The average molecular weight is 429 g/mol. The largest absolute Gasteiger partial charge is 0.503 e. The lowest BCUT2D eigenvalue weighted by atomic mass is 10.1. The van der Waals surface area contributed by atoms with Crippen LogP contribution in [0, 0.1) is 0 Å². The first-order valence-corrected chi connectivity index (χ1v) is 9.34. The van der Waals surface area contributed by atoms with Gasteiger partial charge in [0.05, 0.1) is 17.0 Å². The molecular weight excluding hydrogens is 416 g/mol. The number of fused-ring (bicyclic) bond motifs is 1. The molecule has 0 aliphatic rings. The summed E-state index contributed by atoms with van der Waals surface area (Å²) in [6, 6.07) is 15.1. The van der Waals surface area contributed by atoms with Gasteiger partial charge in [-0.1, -0.05) is 30.3 Å². The summed E-state index contributed by atoms with van der Waals surface area (Å²) < 4.78 is 5.63. The van der Waals surface area contributed by atoms with E-state index in [0.717, 1.165) is 10.4 Å². The zero-order valence-corrected chi connectivity index (χ0v) is 16.0. The molecule has 0 atom stereocenters. The molecule has 2 aromatic carbocycles. The lowest BCUT2D eigenvalue weighted by molar-refractivity contribution is 0.372. The van der Waals surface area contributed by atoms with Crippen molar-refractivity contribution in [3.05, 3.63) is 63.4 Å². The molecule has 0 radical (unpaired) electrons. The van der Waals surface area contributed by atoms with Crippen molar-refractivity contribution in [3.63, 3.8) is 0 Å². The molecule has 0 fully saturated rings. The third-order valence-electron chi connectivity index (χ3n) is 3.98. The standard InChI is InChI=1S/C19H13BrN2O3S/c1-25-14-8-11(7-13(20)16(14)23)17-21-18(24)12-9-15(26-19(12)22-17)10-5-3-2-4-6-10/h2-9,23H,1H3,(H,21,22,24). The van der Waals surface area contributed by atoms with Gasteiger partial charge in [0, 0.05) is 10.4 Å². The summed E-state index contributed by atoms with van der Waals surface area (Å²) in [6.45, 7) is 0. The molecule has 0 aliphatic heterocycles. The van der Waals surface area contributed by atoms with E-state index >= 15 is 0 Å². The Hall–Kier alpha value is -2.64. The number of halogens is 1. The second kappa shape index (κ2) is 6.59. The molecule has 0 saturated carbocycles. The number of nitrogens with zero attached hydrogens (tertiary/aromatic N) is 1. The second-order valence-electron chi connectivity index (χ2n) is 5.62. The SMILES string of the molecule is COc1cc(-c2nc3sc(-c4ccccc4)cc3c(=O)[nH]2)cc(Br)c1O. The summed E-state index contributed by atoms with van der Waals surface area (Å²) in [7, 11) is 1.47. The lowest BCUT2D eigenvalue weighted by Crippen LogP contribution is -2.08. The Balaban J connectivity index is 1.88. The first kappa shape index (κ1) is 16.8. The number of hydrogen-bond acceptors (Lipinski definition) is 5. The van der Waals surface area contributed by atoms with Gasteiger partial charge in [0.15, 0.2) is 11.5 Å². The molecule has 0 spiro atoms. The maximum Gasteiger partial charge on any atom is 0.259 e. The Morgan fingerprint density at radius 2 is 1.92 bits per heavy atom. The topological polar surface area (TPSA) is 75.2 Å². The number of thiophene rings is 1. The molecule has 0 unspecified atom stereocenters. The van der Waals surface area contributed by atoms with E-state index in [9.17, 15) is 9.90 Å². The molecule has 7 heteroatoms. The van der Waals surface area contributed by atoms with Gasteiger partial charge in [0.25, 0.3) is 5.56 Å². The van der Waals surface area contributed by atoms with Crippen molar-refractivity contribution in [3.8, 4) is 33.3 Å². The summed E-state index contributed by atoms with van der Waals surface area (Å²) in [6.07, 6.45) is 0. The first-order valence-electron chi connectivity index (χ1n) is 7.73. The zero-order valence-electron chi connectivity index (χ0n) is 13.6. The minimum Gasteiger partial charge on any atom is -0.503 e. The number of ether oxygens (including phenoxy) is 1. The van der Waals surface area contributed by atoms with Gasteiger partial charge >= 0.3 is 0 Å². The van der Waals surface area contributed by atoms with Crippen LogP contribution >= 0.6 is 27.3 Å².